The van der Waals surface area contributed by atoms with Gasteiger partial charge in [-0.25, -0.2) is 0 Å². The van der Waals surface area contributed by atoms with Crippen molar-refractivity contribution in [2.75, 3.05) is 13.7 Å². The molecule has 3 heteroatoms. The van der Waals surface area contributed by atoms with Gasteiger partial charge in [-0.15, -0.1) is 0 Å². The molecule has 2 rings (SSSR count). The number of aliphatic hydroxyl groups is 1. The van der Waals surface area contributed by atoms with Gasteiger partial charge in [0.1, 0.15) is 5.75 Å². The van der Waals surface area contributed by atoms with E-state index in [1.807, 2.05) is 24.3 Å². The maximum absolute atomic E-state index is 10.6. The predicted octanol–water partition coefficient (Wildman–Crippen LogP) is 1.65. The molecular formula is C13H19NO2. The molecule has 1 aliphatic rings. The number of nitrogens with one attached hydrogen (secondary N) is 1. The molecule has 1 aromatic carbocycles. The Labute approximate surface area is 96.4 Å². The minimum Gasteiger partial charge on any atom is -0.497 e. The molecule has 0 aliphatic carbocycles. The molecule has 1 aromatic rings. The monoisotopic (exact) mass is 221 g/mol. The summed E-state index contributed by atoms with van der Waals surface area (Å²) in [4.78, 5) is 0. The van der Waals surface area contributed by atoms with E-state index < -0.39 is 5.60 Å². The summed E-state index contributed by atoms with van der Waals surface area (Å²) in [5.41, 5.74) is 0.304. The Balaban J connectivity index is 2.20. The van der Waals surface area contributed by atoms with E-state index in [1.54, 1.807) is 7.11 Å². The van der Waals surface area contributed by atoms with Gasteiger partial charge in [-0.1, -0.05) is 12.1 Å². The summed E-state index contributed by atoms with van der Waals surface area (Å²) in [7, 11) is 1.65. The number of hydrogen-bond acceptors (Lipinski definition) is 3. The zero-order chi connectivity index (χ0) is 11.6. The van der Waals surface area contributed by atoms with Crippen molar-refractivity contribution < 1.29 is 9.84 Å². The smallest absolute Gasteiger partial charge is 0.118 e. The van der Waals surface area contributed by atoms with E-state index in [2.05, 4.69) is 12.2 Å². The van der Waals surface area contributed by atoms with Crippen molar-refractivity contribution >= 4 is 0 Å². The molecule has 3 nitrogen and oxygen atoms in total. The van der Waals surface area contributed by atoms with Crippen molar-refractivity contribution in [1.82, 2.24) is 5.32 Å². The molecule has 16 heavy (non-hydrogen) atoms. The first-order valence-electron chi connectivity index (χ1n) is 5.74. The largest absolute Gasteiger partial charge is 0.497 e. The zero-order valence-electron chi connectivity index (χ0n) is 9.86. The van der Waals surface area contributed by atoms with Gasteiger partial charge in [0, 0.05) is 6.04 Å². The molecule has 2 atom stereocenters. The van der Waals surface area contributed by atoms with Crippen LogP contribution in [0.25, 0.3) is 0 Å². The lowest BCUT2D eigenvalue weighted by Crippen LogP contribution is -2.44. The van der Waals surface area contributed by atoms with Crippen molar-refractivity contribution in [3.63, 3.8) is 0 Å². The second kappa shape index (κ2) is 4.44. The quantitative estimate of drug-likeness (QED) is 0.798. The van der Waals surface area contributed by atoms with Gasteiger partial charge in [-0.2, -0.15) is 0 Å². The Bertz CT molecular complexity index is 349. The molecule has 1 aliphatic heterocycles. The zero-order valence-corrected chi connectivity index (χ0v) is 9.86. The van der Waals surface area contributed by atoms with Crippen molar-refractivity contribution in [2.45, 2.75) is 31.4 Å². The molecule has 0 radical (unpaired) electrons. The number of piperidine rings is 1. The molecule has 0 saturated carbocycles. The lowest BCUT2D eigenvalue weighted by atomic mass is 9.82. The van der Waals surface area contributed by atoms with Gasteiger partial charge < -0.3 is 15.2 Å². The average molecular weight is 221 g/mol. The van der Waals surface area contributed by atoms with E-state index in [9.17, 15) is 5.11 Å². The molecule has 0 spiro atoms. The summed E-state index contributed by atoms with van der Waals surface area (Å²) in [5.74, 6) is 0.828. The maximum atomic E-state index is 10.6. The number of ether oxygens (including phenoxy) is 1. The van der Waals surface area contributed by atoms with Gasteiger partial charge in [-0.05, 0) is 44.0 Å². The molecular weight excluding hydrogens is 202 g/mol. The maximum Gasteiger partial charge on any atom is 0.118 e. The highest BCUT2D eigenvalue weighted by Crippen LogP contribution is 2.33. The highest BCUT2D eigenvalue weighted by Gasteiger charge is 2.33. The van der Waals surface area contributed by atoms with Gasteiger partial charge in [-0.3, -0.25) is 0 Å². The normalized spacial score (nSPS) is 30.1. The van der Waals surface area contributed by atoms with Crippen LogP contribution in [0, 0.1) is 0 Å². The molecule has 2 unspecified atom stereocenters. The van der Waals surface area contributed by atoms with Crippen LogP contribution < -0.4 is 10.1 Å². The van der Waals surface area contributed by atoms with Gasteiger partial charge in [0.2, 0.25) is 0 Å². The molecule has 1 saturated heterocycles. The van der Waals surface area contributed by atoms with Gasteiger partial charge in [0.15, 0.2) is 0 Å². The summed E-state index contributed by atoms with van der Waals surface area (Å²) < 4.78 is 5.12. The Morgan fingerprint density at radius 3 is 2.62 bits per heavy atom. The highest BCUT2D eigenvalue weighted by atomic mass is 16.5. The third kappa shape index (κ3) is 2.20. The SMILES string of the molecule is COc1ccc(C2(O)CCNC(C)C2)cc1. The van der Waals surface area contributed by atoms with Crippen molar-refractivity contribution in [2.24, 2.45) is 0 Å². The summed E-state index contributed by atoms with van der Waals surface area (Å²) in [6.07, 6.45) is 1.53. The Hall–Kier alpha value is -1.06. The lowest BCUT2D eigenvalue weighted by Gasteiger charge is -2.36. The predicted molar refractivity (Wildman–Crippen MR) is 63.6 cm³/mol. The van der Waals surface area contributed by atoms with E-state index in [1.165, 1.54) is 0 Å². The third-order valence-corrected chi connectivity index (χ3v) is 3.30. The first-order valence-corrected chi connectivity index (χ1v) is 5.74. The fourth-order valence-corrected chi connectivity index (χ4v) is 2.37. The first kappa shape index (κ1) is 11.4. The van der Waals surface area contributed by atoms with Crippen LogP contribution in [-0.2, 0) is 5.60 Å². The topological polar surface area (TPSA) is 41.5 Å². The second-order valence-electron chi connectivity index (χ2n) is 4.57. The molecule has 88 valence electrons. The van der Waals surface area contributed by atoms with Crippen LogP contribution in [0.15, 0.2) is 24.3 Å². The second-order valence-corrected chi connectivity index (χ2v) is 4.57. The van der Waals surface area contributed by atoms with Crippen molar-refractivity contribution in [3.05, 3.63) is 29.8 Å². The summed E-state index contributed by atoms with van der Waals surface area (Å²) in [5, 5.41) is 13.9. The minimum absolute atomic E-state index is 0.362. The van der Waals surface area contributed by atoms with E-state index in [-0.39, 0.29) is 0 Å². The minimum atomic E-state index is -0.684. The van der Waals surface area contributed by atoms with Crippen LogP contribution in [0.2, 0.25) is 0 Å². The van der Waals surface area contributed by atoms with E-state index in [4.69, 9.17) is 4.74 Å². The summed E-state index contributed by atoms with van der Waals surface area (Å²) in [6.45, 7) is 2.97. The van der Waals surface area contributed by atoms with Crippen LogP contribution in [0.4, 0.5) is 0 Å². The fraction of sp³-hybridized carbons (Fsp3) is 0.538. The Morgan fingerprint density at radius 2 is 2.06 bits per heavy atom. The van der Waals surface area contributed by atoms with Crippen LogP contribution in [0.1, 0.15) is 25.3 Å². The number of rotatable bonds is 2. The van der Waals surface area contributed by atoms with Crippen LogP contribution in [-0.4, -0.2) is 24.8 Å². The van der Waals surface area contributed by atoms with Crippen molar-refractivity contribution in [3.8, 4) is 5.75 Å². The average Bonchev–Trinajstić information content (AvgIpc) is 2.29. The van der Waals surface area contributed by atoms with Gasteiger partial charge >= 0.3 is 0 Å². The molecule has 0 bridgehead atoms. The highest BCUT2D eigenvalue weighted by molar-refractivity contribution is 5.31. The molecule has 2 N–H and O–H groups in total. The summed E-state index contributed by atoms with van der Waals surface area (Å²) >= 11 is 0. The molecule has 1 fully saturated rings. The third-order valence-electron chi connectivity index (χ3n) is 3.30. The van der Waals surface area contributed by atoms with Gasteiger partial charge in [0.05, 0.1) is 12.7 Å². The summed E-state index contributed by atoms with van der Waals surface area (Å²) in [6, 6.07) is 8.08. The molecule has 0 aromatic heterocycles. The van der Waals surface area contributed by atoms with Gasteiger partial charge in [0.25, 0.3) is 0 Å². The Morgan fingerprint density at radius 1 is 1.38 bits per heavy atom. The van der Waals surface area contributed by atoms with Crippen molar-refractivity contribution in [1.29, 1.82) is 0 Å². The standard InChI is InChI=1S/C13H19NO2/c1-10-9-13(15,7-8-14-10)11-3-5-12(16-2)6-4-11/h3-6,10,14-15H,7-9H2,1-2H3. The number of hydrogen-bond donors (Lipinski definition) is 2. The van der Waals surface area contributed by atoms with E-state index in [0.717, 1.165) is 30.7 Å². The van der Waals surface area contributed by atoms with E-state index >= 15 is 0 Å². The van der Waals surface area contributed by atoms with Crippen LogP contribution in [0.3, 0.4) is 0 Å². The fourth-order valence-electron chi connectivity index (χ4n) is 2.37. The lowest BCUT2D eigenvalue weighted by molar-refractivity contribution is -0.00649. The van der Waals surface area contributed by atoms with E-state index in [0.29, 0.717) is 6.04 Å². The molecule has 1 heterocycles. The van der Waals surface area contributed by atoms with Crippen LogP contribution in [0.5, 0.6) is 5.75 Å². The Kier molecular flexibility index (Phi) is 3.17. The number of benzene rings is 1. The molecule has 0 amide bonds. The first-order chi connectivity index (χ1) is 7.64. The van der Waals surface area contributed by atoms with Crippen LogP contribution >= 0.6 is 0 Å². The number of methoxy groups -OCH3 is 1.